The predicted octanol–water partition coefficient (Wildman–Crippen LogP) is 1.70. The summed E-state index contributed by atoms with van der Waals surface area (Å²) in [5.41, 5.74) is -0.574. The maximum atomic E-state index is 11.4. The third kappa shape index (κ3) is 3.92. The molecule has 0 aliphatic rings. The van der Waals surface area contributed by atoms with Crippen LogP contribution in [0.3, 0.4) is 0 Å². The van der Waals surface area contributed by atoms with E-state index in [0.29, 0.717) is 0 Å². The van der Waals surface area contributed by atoms with Gasteiger partial charge in [-0.1, -0.05) is 0 Å². The molecule has 84 valence electrons. The van der Waals surface area contributed by atoms with Crippen LogP contribution in [0.5, 0.6) is 0 Å². The molecule has 0 bridgehead atoms. The van der Waals surface area contributed by atoms with E-state index in [0.717, 1.165) is 0 Å². The molecular formula is C10H12N4O2. The number of aromatic nitrogens is 2. The molecule has 1 N–H and O–H groups in total. The van der Waals surface area contributed by atoms with Gasteiger partial charge in [-0.05, 0) is 26.8 Å². The van der Waals surface area contributed by atoms with E-state index in [4.69, 9.17) is 10.00 Å². The van der Waals surface area contributed by atoms with Crippen LogP contribution < -0.4 is 5.32 Å². The number of carbonyl (C=O) groups is 1. The second-order valence-corrected chi connectivity index (χ2v) is 4.00. The number of amides is 1. The predicted molar refractivity (Wildman–Crippen MR) is 56.6 cm³/mol. The van der Waals surface area contributed by atoms with Gasteiger partial charge < -0.3 is 4.74 Å². The van der Waals surface area contributed by atoms with Crippen LogP contribution in [0.15, 0.2) is 12.3 Å². The molecule has 1 aromatic heterocycles. The molecule has 0 radical (unpaired) electrons. The smallest absolute Gasteiger partial charge is 0.413 e. The maximum Gasteiger partial charge on any atom is 0.413 e. The highest BCUT2D eigenvalue weighted by Crippen LogP contribution is 2.09. The molecule has 0 atom stereocenters. The molecule has 0 aliphatic heterocycles. The van der Waals surface area contributed by atoms with Crippen molar-refractivity contribution >= 4 is 11.9 Å². The van der Waals surface area contributed by atoms with Crippen molar-refractivity contribution < 1.29 is 9.53 Å². The Morgan fingerprint density at radius 2 is 2.25 bits per heavy atom. The molecule has 16 heavy (non-hydrogen) atoms. The number of anilines is 1. The Morgan fingerprint density at radius 3 is 2.81 bits per heavy atom. The topological polar surface area (TPSA) is 87.9 Å². The minimum Gasteiger partial charge on any atom is -0.444 e. The van der Waals surface area contributed by atoms with Crippen LogP contribution >= 0.6 is 0 Å². The van der Waals surface area contributed by atoms with Crippen LogP contribution in [-0.2, 0) is 4.74 Å². The SMILES string of the molecule is CC(C)(C)OC(=O)Nc1ccnc(C#N)n1. The Kier molecular flexibility index (Phi) is 3.40. The van der Waals surface area contributed by atoms with Gasteiger partial charge in [-0.15, -0.1) is 0 Å². The molecule has 0 aromatic carbocycles. The van der Waals surface area contributed by atoms with Gasteiger partial charge >= 0.3 is 6.09 Å². The van der Waals surface area contributed by atoms with Gasteiger partial charge in [0, 0.05) is 6.20 Å². The number of nitriles is 1. The fraction of sp³-hybridized carbons (Fsp3) is 0.400. The number of nitrogens with zero attached hydrogens (tertiary/aromatic N) is 3. The van der Waals surface area contributed by atoms with E-state index in [1.54, 1.807) is 26.8 Å². The first kappa shape index (κ1) is 11.9. The molecule has 0 fully saturated rings. The van der Waals surface area contributed by atoms with Crippen molar-refractivity contribution in [2.75, 3.05) is 5.32 Å². The number of hydrogen-bond acceptors (Lipinski definition) is 5. The summed E-state index contributed by atoms with van der Waals surface area (Å²) in [5.74, 6) is 0.231. The van der Waals surface area contributed by atoms with Crippen molar-refractivity contribution in [3.8, 4) is 6.07 Å². The maximum absolute atomic E-state index is 11.4. The Bertz CT molecular complexity index is 431. The lowest BCUT2D eigenvalue weighted by molar-refractivity contribution is 0.0635. The lowest BCUT2D eigenvalue weighted by Crippen LogP contribution is -2.27. The second kappa shape index (κ2) is 4.57. The van der Waals surface area contributed by atoms with Gasteiger partial charge in [0.05, 0.1) is 0 Å². The molecule has 6 heteroatoms. The number of rotatable bonds is 1. The Balaban J connectivity index is 2.67. The zero-order valence-corrected chi connectivity index (χ0v) is 9.31. The first-order valence-electron chi connectivity index (χ1n) is 4.64. The van der Waals surface area contributed by atoms with E-state index in [1.807, 2.05) is 0 Å². The zero-order valence-electron chi connectivity index (χ0n) is 9.31. The van der Waals surface area contributed by atoms with E-state index in [2.05, 4.69) is 15.3 Å². The number of carbonyl (C=O) groups excluding carboxylic acids is 1. The highest BCUT2D eigenvalue weighted by atomic mass is 16.6. The molecule has 1 aromatic rings. The standard InChI is InChI=1S/C10H12N4O2/c1-10(2,3)16-9(15)14-7-4-5-12-8(6-11)13-7/h4-5H,1-3H3,(H,12,13,14,15). The van der Waals surface area contributed by atoms with Gasteiger partial charge in [0.25, 0.3) is 0 Å². The second-order valence-electron chi connectivity index (χ2n) is 4.00. The third-order valence-corrected chi connectivity index (χ3v) is 1.38. The lowest BCUT2D eigenvalue weighted by Gasteiger charge is -2.19. The highest BCUT2D eigenvalue weighted by Gasteiger charge is 2.16. The van der Waals surface area contributed by atoms with E-state index in [9.17, 15) is 4.79 Å². The normalized spacial score (nSPS) is 10.4. The molecule has 1 heterocycles. The van der Waals surface area contributed by atoms with Crippen molar-refractivity contribution in [1.29, 1.82) is 5.26 Å². The fourth-order valence-corrected chi connectivity index (χ4v) is 0.890. The molecule has 0 saturated heterocycles. The zero-order chi connectivity index (χ0) is 12.2. The third-order valence-electron chi connectivity index (χ3n) is 1.38. The van der Waals surface area contributed by atoms with Gasteiger partial charge in [-0.2, -0.15) is 5.26 Å². The molecule has 0 spiro atoms. The molecular weight excluding hydrogens is 208 g/mol. The minimum absolute atomic E-state index is 0.00596. The van der Waals surface area contributed by atoms with E-state index in [1.165, 1.54) is 12.3 Å². The van der Waals surface area contributed by atoms with Gasteiger partial charge in [-0.3, -0.25) is 5.32 Å². The number of ether oxygens (including phenoxy) is 1. The lowest BCUT2D eigenvalue weighted by atomic mass is 10.2. The van der Waals surface area contributed by atoms with Crippen molar-refractivity contribution in [2.45, 2.75) is 26.4 Å². The Hall–Kier alpha value is -2.16. The minimum atomic E-state index is -0.616. The molecule has 1 rings (SSSR count). The summed E-state index contributed by atoms with van der Waals surface area (Å²) < 4.78 is 5.02. The van der Waals surface area contributed by atoms with Crippen molar-refractivity contribution in [3.63, 3.8) is 0 Å². The molecule has 6 nitrogen and oxygen atoms in total. The fourth-order valence-electron chi connectivity index (χ4n) is 0.890. The average molecular weight is 220 g/mol. The summed E-state index contributed by atoms with van der Waals surface area (Å²) >= 11 is 0. The summed E-state index contributed by atoms with van der Waals surface area (Å²) in [7, 11) is 0. The van der Waals surface area contributed by atoms with Crippen LogP contribution in [0.1, 0.15) is 26.6 Å². The van der Waals surface area contributed by atoms with Gasteiger partial charge in [0.2, 0.25) is 5.82 Å². The summed E-state index contributed by atoms with van der Waals surface area (Å²) in [6.45, 7) is 5.27. The van der Waals surface area contributed by atoms with E-state index >= 15 is 0 Å². The van der Waals surface area contributed by atoms with E-state index < -0.39 is 11.7 Å². The van der Waals surface area contributed by atoms with Crippen LogP contribution in [0.4, 0.5) is 10.6 Å². The number of nitrogens with one attached hydrogen (secondary N) is 1. The highest BCUT2D eigenvalue weighted by molar-refractivity contribution is 5.83. The monoisotopic (exact) mass is 220 g/mol. The summed E-state index contributed by atoms with van der Waals surface area (Å²) in [5, 5.41) is 11.0. The molecule has 0 unspecified atom stereocenters. The first-order valence-corrected chi connectivity index (χ1v) is 4.64. The van der Waals surface area contributed by atoms with Crippen molar-refractivity contribution in [2.24, 2.45) is 0 Å². The largest absolute Gasteiger partial charge is 0.444 e. The average Bonchev–Trinajstić information content (AvgIpc) is 2.15. The van der Waals surface area contributed by atoms with Crippen molar-refractivity contribution in [3.05, 3.63) is 18.1 Å². The first-order chi connectivity index (χ1) is 7.40. The quantitative estimate of drug-likeness (QED) is 0.778. The van der Waals surface area contributed by atoms with Crippen LogP contribution in [-0.4, -0.2) is 21.7 Å². The molecule has 0 saturated carbocycles. The summed E-state index contributed by atoms with van der Waals surface area (Å²) in [6.07, 6.45) is 0.772. The molecule has 1 amide bonds. The van der Waals surface area contributed by atoms with Crippen molar-refractivity contribution in [1.82, 2.24) is 9.97 Å². The van der Waals surface area contributed by atoms with Crippen LogP contribution in [0, 0.1) is 11.3 Å². The summed E-state index contributed by atoms with van der Waals surface area (Å²) in [6, 6.07) is 3.25. The Labute approximate surface area is 93.3 Å². The van der Waals surface area contributed by atoms with Crippen LogP contribution in [0.2, 0.25) is 0 Å². The van der Waals surface area contributed by atoms with Gasteiger partial charge in [0.1, 0.15) is 17.5 Å². The van der Waals surface area contributed by atoms with Gasteiger partial charge in [0.15, 0.2) is 0 Å². The Morgan fingerprint density at radius 1 is 1.56 bits per heavy atom. The summed E-state index contributed by atoms with van der Waals surface area (Å²) in [4.78, 5) is 18.8. The number of hydrogen-bond donors (Lipinski definition) is 1. The van der Waals surface area contributed by atoms with Crippen LogP contribution in [0.25, 0.3) is 0 Å². The van der Waals surface area contributed by atoms with E-state index in [-0.39, 0.29) is 11.6 Å². The van der Waals surface area contributed by atoms with Gasteiger partial charge in [-0.25, -0.2) is 14.8 Å². The molecule has 0 aliphatic carbocycles.